The molecule has 3 aromatic carbocycles. The van der Waals surface area contributed by atoms with Gasteiger partial charge in [0.25, 0.3) is 0 Å². The first-order chi connectivity index (χ1) is 19.4. The Morgan fingerprint density at radius 1 is 1.02 bits per heavy atom. The second-order valence-electron chi connectivity index (χ2n) is 9.97. The maximum atomic E-state index is 12.7. The minimum absolute atomic E-state index is 0.0167. The van der Waals surface area contributed by atoms with E-state index in [1.807, 2.05) is 47.5 Å². The maximum absolute atomic E-state index is 12.7. The lowest BCUT2D eigenvalue weighted by Crippen LogP contribution is -2.34. The standard InChI is InChI=1S/C33H37Cl2N3O2/c1-4-37(5-2)16-8-9-24(3)36-32(39)15-18-40-33-22-27(28-19-29(34)23-30(35)20-28)14-17-38(33)31-13-12-25-10-6-7-11-26(25)21-31/h6-7,10-13,17,19-24H,4-5,8-9,15-16,18H2,1-3H3,(H,36,39). The molecule has 1 unspecified atom stereocenters. The largest absolute Gasteiger partial charge is 0.478 e. The van der Waals surface area contributed by atoms with E-state index in [9.17, 15) is 4.79 Å². The molecule has 0 aliphatic carbocycles. The van der Waals surface area contributed by atoms with Gasteiger partial charge in [-0.15, -0.1) is 0 Å². The minimum Gasteiger partial charge on any atom is -0.478 e. The molecule has 1 aliphatic heterocycles. The first kappa shape index (κ1) is 29.8. The highest BCUT2D eigenvalue weighted by Gasteiger charge is 2.18. The highest BCUT2D eigenvalue weighted by Crippen LogP contribution is 2.32. The van der Waals surface area contributed by atoms with Crippen LogP contribution in [0, 0.1) is 0 Å². The summed E-state index contributed by atoms with van der Waals surface area (Å²) in [6, 6.07) is 20.0. The monoisotopic (exact) mass is 577 g/mol. The Bertz CT molecular complexity index is 1400. The van der Waals surface area contributed by atoms with E-state index < -0.39 is 0 Å². The molecule has 1 amide bonds. The van der Waals surface area contributed by atoms with Gasteiger partial charge in [-0.25, -0.2) is 0 Å². The smallest absolute Gasteiger partial charge is 0.223 e. The Balaban J connectivity index is 1.45. The average molecular weight is 579 g/mol. The summed E-state index contributed by atoms with van der Waals surface area (Å²) in [4.78, 5) is 17.0. The van der Waals surface area contributed by atoms with Gasteiger partial charge in [0.15, 0.2) is 5.88 Å². The van der Waals surface area contributed by atoms with Crippen molar-refractivity contribution < 1.29 is 9.53 Å². The second kappa shape index (κ2) is 14.4. The average Bonchev–Trinajstić information content (AvgIpc) is 2.94. The summed E-state index contributed by atoms with van der Waals surface area (Å²) in [5.41, 5.74) is 5.91. The van der Waals surface area contributed by atoms with Crippen molar-refractivity contribution in [3.63, 3.8) is 0 Å². The van der Waals surface area contributed by atoms with Crippen molar-refractivity contribution in [2.45, 2.75) is 46.1 Å². The predicted molar refractivity (Wildman–Crippen MR) is 168 cm³/mol. The number of nitrogens with one attached hydrogen (secondary N) is 1. The number of rotatable bonds is 13. The molecule has 0 radical (unpaired) electrons. The van der Waals surface area contributed by atoms with E-state index in [4.69, 9.17) is 27.9 Å². The maximum Gasteiger partial charge on any atom is 0.223 e. The van der Waals surface area contributed by atoms with E-state index in [-0.39, 0.29) is 25.0 Å². The third-order valence-corrected chi connectivity index (χ3v) is 7.47. The zero-order valence-corrected chi connectivity index (χ0v) is 24.9. The number of allylic oxidation sites excluding steroid dienone is 2. The van der Waals surface area contributed by atoms with Gasteiger partial charge < -0.3 is 15.0 Å². The molecule has 5 nitrogen and oxygen atoms in total. The van der Waals surface area contributed by atoms with Crippen LogP contribution in [-0.2, 0) is 9.53 Å². The second-order valence-corrected chi connectivity index (χ2v) is 10.8. The molecule has 3 aromatic rings. The molecule has 4 rings (SSSR count). The number of hydrogen-bond acceptors (Lipinski definition) is 4. The molecule has 1 N–H and O–H groups in total. The number of anilines is 1. The topological polar surface area (TPSA) is 44.8 Å². The molecule has 210 valence electrons. The lowest BCUT2D eigenvalue weighted by atomic mass is 10.0. The lowest BCUT2D eigenvalue weighted by Gasteiger charge is -2.26. The Kier molecular flexibility index (Phi) is 10.7. The summed E-state index contributed by atoms with van der Waals surface area (Å²) < 4.78 is 6.23. The normalized spacial score (nSPS) is 13.8. The molecule has 1 atom stereocenters. The number of halogens is 2. The van der Waals surface area contributed by atoms with E-state index in [2.05, 4.69) is 61.0 Å². The summed E-state index contributed by atoms with van der Waals surface area (Å²) >= 11 is 12.5. The molecule has 40 heavy (non-hydrogen) atoms. The molecule has 0 fully saturated rings. The van der Waals surface area contributed by atoms with Crippen molar-refractivity contribution in [1.82, 2.24) is 10.2 Å². The first-order valence-corrected chi connectivity index (χ1v) is 14.7. The van der Waals surface area contributed by atoms with E-state index >= 15 is 0 Å². The Hall–Kier alpha value is -3.21. The van der Waals surface area contributed by atoms with Crippen molar-refractivity contribution in [3.8, 4) is 0 Å². The summed E-state index contributed by atoms with van der Waals surface area (Å²) in [6.45, 7) is 9.81. The van der Waals surface area contributed by atoms with Gasteiger partial charge in [-0.05, 0) is 86.1 Å². The highest BCUT2D eigenvalue weighted by atomic mass is 35.5. The van der Waals surface area contributed by atoms with Crippen LogP contribution in [0.2, 0.25) is 10.0 Å². The third kappa shape index (κ3) is 8.16. The molecule has 0 spiro atoms. The fraction of sp³-hybridized carbons (Fsp3) is 0.333. The zero-order chi connectivity index (χ0) is 28.5. The molecule has 0 aromatic heterocycles. The number of carbonyl (C=O) groups excluding carboxylic acids is 1. The van der Waals surface area contributed by atoms with Gasteiger partial charge in [0.1, 0.15) is 0 Å². The SMILES string of the molecule is CCN(CC)CCCC(C)NC(=O)CCOC1=CC(c2cc(Cl)cc(Cl)c2)=C=CN1c1ccc2ccccc2c1. The van der Waals surface area contributed by atoms with Gasteiger partial charge in [-0.3, -0.25) is 9.69 Å². The van der Waals surface area contributed by atoms with Crippen molar-refractivity contribution >= 4 is 51.1 Å². The Morgan fingerprint density at radius 3 is 2.48 bits per heavy atom. The van der Waals surface area contributed by atoms with Gasteiger partial charge in [0, 0.05) is 33.4 Å². The molecular weight excluding hydrogens is 541 g/mol. The van der Waals surface area contributed by atoms with Gasteiger partial charge in [-0.1, -0.05) is 73.1 Å². The molecular formula is C33H37Cl2N3O2. The number of carbonyl (C=O) groups is 1. The third-order valence-electron chi connectivity index (χ3n) is 7.03. The number of hydrogen-bond donors (Lipinski definition) is 1. The fourth-order valence-electron chi connectivity index (χ4n) is 4.78. The number of benzene rings is 3. The molecule has 0 saturated carbocycles. The molecule has 1 aliphatic rings. The summed E-state index contributed by atoms with van der Waals surface area (Å²) in [5, 5.41) is 6.49. The van der Waals surface area contributed by atoms with Gasteiger partial charge in [0.2, 0.25) is 5.91 Å². The fourth-order valence-corrected chi connectivity index (χ4v) is 5.30. The van der Waals surface area contributed by atoms with Crippen LogP contribution < -0.4 is 10.2 Å². The van der Waals surface area contributed by atoms with Gasteiger partial charge in [0.05, 0.1) is 19.2 Å². The number of ether oxygens (including phenoxy) is 1. The van der Waals surface area contributed by atoms with E-state index in [0.29, 0.717) is 15.9 Å². The van der Waals surface area contributed by atoms with E-state index in [1.165, 1.54) is 0 Å². The van der Waals surface area contributed by atoms with Crippen LogP contribution >= 0.6 is 23.2 Å². The Morgan fingerprint density at radius 2 is 1.75 bits per heavy atom. The highest BCUT2D eigenvalue weighted by molar-refractivity contribution is 6.34. The van der Waals surface area contributed by atoms with Crippen molar-refractivity contribution in [1.29, 1.82) is 0 Å². The van der Waals surface area contributed by atoms with Crippen molar-refractivity contribution in [2.24, 2.45) is 0 Å². The first-order valence-electron chi connectivity index (χ1n) is 13.9. The van der Waals surface area contributed by atoms with Crippen LogP contribution in [0.5, 0.6) is 0 Å². The van der Waals surface area contributed by atoms with E-state index in [1.54, 1.807) is 6.07 Å². The Labute approximate surface area is 247 Å². The lowest BCUT2D eigenvalue weighted by molar-refractivity contribution is -0.122. The van der Waals surface area contributed by atoms with Crippen molar-refractivity contribution in [2.75, 3.05) is 31.1 Å². The molecule has 7 heteroatoms. The molecule has 1 heterocycles. The van der Waals surface area contributed by atoms with Crippen LogP contribution in [-0.4, -0.2) is 43.1 Å². The predicted octanol–water partition coefficient (Wildman–Crippen LogP) is 8.04. The van der Waals surface area contributed by atoms with Crippen LogP contribution in [0.4, 0.5) is 5.69 Å². The number of nitrogens with zero attached hydrogens (tertiary/aromatic N) is 2. The van der Waals surface area contributed by atoms with Gasteiger partial charge >= 0.3 is 0 Å². The molecule has 0 saturated heterocycles. The van der Waals surface area contributed by atoms with Gasteiger partial charge in [-0.2, -0.15) is 0 Å². The van der Waals surface area contributed by atoms with Crippen LogP contribution in [0.1, 0.15) is 45.6 Å². The number of fused-ring (bicyclic) bond motifs is 1. The summed E-state index contributed by atoms with van der Waals surface area (Å²) in [6.07, 6.45) is 6.02. The summed E-state index contributed by atoms with van der Waals surface area (Å²) in [7, 11) is 0. The number of amides is 1. The van der Waals surface area contributed by atoms with Crippen LogP contribution in [0.25, 0.3) is 16.3 Å². The minimum atomic E-state index is -0.0167. The van der Waals surface area contributed by atoms with Crippen LogP contribution in [0.15, 0.2) is 84.6 Å². The zero-order valence-electron chi connectivity index (χ0n) is 23.4. The van der Waals surface area contributed by atoms with E-state index in [0.717, 1.165) is 60.1 Å². The quantitative estimate of drug-likeness (QED) is 0.209. The molecule has 0 bridgehead atoms. The van der Waals surface area contributed by atoms with Crippen LogP contribution in [0.3, 0.4) is 0 Å². The summed E-state index contributed by atoms with van der Waals surface area (Å²) in [5.74, 6) is 0.581. The van der Waals surface area contributed by atoms with Crippen molar-refractivity contribution in [3.05, 3.63) is 100 Å².